The van der Waals surface area contributed by atoms with Crippen LogP contribution in [0.4, 0.5) is 4.79 Å². The van der Waals surface area contributed by atoms with Crippen LogP contribution >= 0.6 is 0 Å². The maximum atomic E-state index is 12.3. The third-order valence-corrected chi connectivity index (χ3v) is 3.69. The van der Waals surface area contributed by atoms with Crippen molar-refractivity contribution in [2.24, 2.45) is 5.92 Å². The van der Waals surface area contributed by atoms with Crippen LogP contribution in [0.2, 0.25) is 0 Å². The molecular formula is C16H24N2O4. The van der Waals surface area contributed by atoms with Gasteiger partial charge in [0.05, 0.1) is 12.1 Å². The number of ether oxygens (including phenoxy) is 1. The fourth-order valence-electron chi connectivity index (χ4n) is 2.42. The molecule has 22 heavy (non-hydrogen) atoms. The highest BCUT2D eigenvalue weighted by atomic mass is 16.6. The lowest BCUT2D eigenvalue weighted by Crippen LogP contribution is -2.36. The van der Waals surface area contributed by atoms with E-state index >= 15 is 0 Å². The van der Waals surface area contributed by atoms with E-state index in [4.69, 9.17) is 9.15 Å². The molecular weight excluding hydrogens is 284 g/mol. The average Bonchev–Trinajstić information content (AvgIpc) is 2.95. The van der Waals surface area contributed by atoms with Gasteiger partial charge in [0.1, 0.15) is 17.1 Å². The van der Waals surface area contributed by atoms with Gasteiger partial charge in [-0.25, -0.2) is 9.78 Å². The number of carbonyl (C=O) groups is 2. The summed E-state index contributed by atoms with van der Waals surface area (Å²) in [5.41, 5.74) is 0.288. The lowest BCUT2D eigenvalue weighted by atomic mass is 10.0. The molecule has 0 radical (unpaired) electrons. The molecule has 1 fully saturated rings. The van der Waals surface area contributed by atoms with Gasteiger partial charge < -0.3 is 14.1 Å². The highest BCUT2D eigenvalue weighted by molar-refractivity contribution is 5.84. The molecule has 1 saturated heterocycles. The van der Waals surface area contributed by atoms with Gasteiger partial charge in [0.15, 0.2) is 0 Å². The van der Waals surface area contributed by atoms with Crippen molar-refractivity contribution in [2.45, 2.75) is 53.1 Å². The molecule has 0 aromatic carbocycles. The topological polar surface area (TPSA) is 72.6 Å². The molecule has 1 aliphatic rings. The standard InChI is InChI=1S/C16H24N2O4/c1-10-11(2)21-14(17-10)8-13(19)12-6-7-18(9-12)15(20)22-16(3,4)5/h12H,6-9H2,1-5H3. The van der Waals surface area contributed by atoms with Gasteiger partial charge in [-0.15, -0.1) is 0 Å². The zero-order chi connectivity index (χ0) is 16.5. The summed E-state index contributed by atoms with van der Waals surface area (Å²) in [4.78, 5) is 30.1. The predicted octanol–water partition coefficient (Wildman–Crippen LogP) is 2.66. The Labute approximate surface area is 130 Å². The normalized spacial score (nSPS) is 18.6. The van der Waals surface area contributed by atoms with Gasteiger partial charge in [0.2, 0.25) is 5.89 Å². The van der Waals surface area contributed by atoms with Crippen molar-refractivity contribution in [3.05, 3.63) is 17.3 Å². The van der Waals surface area contributed by atoms with Crippen molar-refractivity contribution in [3.8, 4) is 0 Å². The van der Waals surface area contributed by atoms with Crippen molar-refractivity contribution in [1.29, 1.82) is 0 Å². The van der Waals surface area contributed by atoms with Crippen LogP contribution in [0.5, 0.6) is 0 Å². The van der Waals surface area contributed by atoms with Crippen molar-refractivity contribution < 1.29 is 18.7 Å². The van der Waals surface area contributed by atoms with Crippen LogP contribution in [-0.4, -0.2) is 40.5 Å². The molecule has 1 atom stereocenters. The van der Waals surface area contributed by atoms with Crippen LogP contribution in [0.15, 0.2) is 4.42 Å². The molecule has 0 N–H and O–H groups in total. The van der Waals surface area contributed by atoms with Gasteiger partial charge in [0.25, 0.3) is 0 Å². The quantitative estimate of drug-likeness (QED) is 0.858. The summed E-state index contributed by atoms with van der Waals surface area (Å²) in [7, 11) is 0. The number of amides is 1. The number of aromatic nitrogens is 1. The number of oxazole rings is 1. The van der Waals surface area contributed by atoms with Crippen molar-refractivity contribution in [1.82, 2.24) is 9.88 Å². The van der Waals surface area contributed by atoms with Crippen LogP contribution < -0.4 is 0 Å². The Morgan fingerprint density at radius 3 is 2.59 bits per heavy atom. The SMILES string of the molecule is Cc1nc(CC(=O)C2CCN(C(=O)OC(C)(C)C)C2)oc1C. The molecule has 1 aromatic rings. The zero-order valence-corrected chi connectivity index (χ0v) is 13.9. The molecule has 2 rings (SSSR count). The molecule has 122 valence electrons. The Morgan fingerprint density at radius 1 is 1.36 bits per heavy atom. The Bertz CT molecular complexity index is 552. The van der Waals surface area contributed by atoms with E-state index in [1.165, 1.54) is 0 Å². The van der Waals surface area contributed by atoms with Crippen LogP contribution in [0, 0.1) is 19.8 Å². The number of hydrogen-bond acceptors (Lipinski definition) is 5. The van der Waals surface area contributed by atoms with Gasteiger partial charge in [-0.3, -0.25) is 4.79 Å². The van der Waals surface area contributed by atoms with E-state index in [0.29, 0.717) is 25.4 Å². The summed E-state index contributed by atoms with van der Waals surface area (Å²) in [5.74, 6) is 1.09. The Morgan fingerprint density at radius 2 is 2.05 bits per heavy atom. The first-order valence-electron chi connectivity index (χ1n) is 7.59. The Balaban J connectivity index is 1.89. The molecule has 0 spiro atoms. The van der Waals surface area contributed by atoms with E-state index in [9.17, 15) is 9.59 Å². The second kappa shape index (κ2) is 6.10. The third kappa shape index (κ3) is 4.08. The zero-order valence-electron chi connectivity index (χ0n) is 13.9. The molecule has 1 aliphatic heterocycles. The molecule has 0 bridgehead atoms. The number of nitrogens with zero attached hydrogens (tertiary/aromatic N) is 2. The number of Topliss-reactive ketones (excluding diaryl/α,β-unsaturated/α-hetero) is 1. The number of likely N-dealkylation sites (tertiary alicyclic amines) is 1. The summed E-state index contributed by atoms with van der Waals surface area (Å²) in [5, 5.41) is 0. The second-order valence-corrected chi connectivity index (χ2v) is 6.80. The fourth-order valence-corrected chi connectivity index (χ4v) is 2.42. The number of rotatable bonds is 3. The van der Waals surface area contributed by atoms with Crippen LogP contribution in [0.25, 0.3) is 0 Å². The van der Waals surface area contributed by atoms with Gasteiger partial charge in [-0.2, -0.15) is 0 Å². The van der Waals surface area contributed by atoms with Crippen molar-refractivity contribution >= 4 is 11.9 Å². The van der Waals surface area contributed by atoms with Crippen LogP contribution in [-0.2, 0) is 16.0 Å². The number of aryl methyl sites for hydroxylation is 2. The molecule has 1 aromatic heterocycles. The molecule has 6 nitrogen and oxygen atoms in total. The van der Waals surface area contributed by atoms with E-state index in [1.807, 2.05) is 34.6 Å². The Hall–Kier alpha value is -1.85. The van der Waals surface area contributed by atoms with E-state index < -0.39 is 5.60 Å². The first kappa shape index (κ1) is 16.5. The van der Waals surface area contributed by atoms with Gasteiger partial charge in [-0.05, 0) is 41.0 Å². The smallest absolute Gasteiger partial charge is 0.410 e. The highest BCUT2D eigenvalue weighted by Gasteiger charge is 2.33. The summed E-state index contributed by atoms with van der Waals surface area (Å²) >= 11 is 0. The lowest BCUT2D eigenvalue weighted by Gasteiger charge is -2.24. The van der Waals surface area contributed by atoms with Crippen molar-refractivity contribution in [2.75, 3.05) is 13.1 Å². The third-order valence-electron chi connectivity index (χ3n) is 3.69. The van der Waals surface area contributed by atoms with E-state index in [1.54, 1.807) is 4.90 Å². The van der Waals surface area contributed by atoms with Crippen molar-refractivity contribution in [3.63, 3.8) is 0 Å². The number of hydrogen-bond donors (Lipinski definition) is 0. The maximum Gasteiger partial charge on any atom is 0.410 e. The van der Waals surface area contributed by atoms with Crippen LogP contribution in [0.1, 0.15) is 44.5 Å². The Kier molecular flexibility index (Phi) is 4.58. The minimum atomic E-state index is -0.522. The molecule has 6 heteroatoms. The predicted molar refractivity (Wildman–Crippen MR) is 80.6 cm³/mol. The molecule has 1 unspecified atom stereocenters. The minimum absolute atomic E-state index is 0.0623. The van der Waals surface area contributed by atoms with E-state index in [2.05, 4.69) is 4.98 Å². The van der Waals surface area contributed by atoms with E-state index in [0.717, 1.165) is 11.5 Å². The van der Waals surface area contributed by atoms with E-state index in [-0.39, 0.29) is 24.2 Å². The summed E-state index contributed by atoms with van der Waals surface area (Å²) in [6.07, 6.45) is 0.490. The number of carbonyl (C=O) groups excluding carboxylic acids is 2. The van der Waals surface area contributed by atoms with Gasteiger partial charge >= 0.3 is 6.09 Å². The van der Waals surface area contributed by atoms with Gasteiger partial charge in [0, 0.05) is 19.0 Å². The first-order chi connectivity index (χ1) is 10.2. The summed E-state index contributed by atoms with van der Waals surface area (Å²) in [6, 6.07) is 0. The average molecular weight is 308 g/mol. The fraction of sp³-hybridized carbons (Fsp3) is 0.688. The molecule has 1 amide bonds. The molecule has 2 heterocycles. The monoisotopic (exact) mass is 308 g/mol. The summed E-state index contributed by atoms with van der Waals surface area (Å²) < 4.78 is 10.8. The van der Waals surface area contributed by atoms with Crippen LogP contribution in [0.3, 0.4) is 0 Å². The highest BCUT2D eigenvalue weighted by Crippen LogP contribution is 2.22. The lowest BCUT2D eigenvalue weighted by molar-refractivity contribution is -0.122. The largest absolute Gasteiger partial charge is 0.445 e. The number of ketones is 1. The second-order valence-electron chi connectivity index (χ2n) is 6.80. The summed E-state index contributed by atoms with van der Waals surface area (Å²) in [6.45, 7) is 10.1. The molecule has 0 aliphatic carbocycles. The first-order valence-corrected chi connectivity index (χ1v) is 7.59. The maximum absolute atomic E-state index is 12.3. The minimum Gasteiger partial charge on any atom is -0.445 e. The van der Waals surface area contributed by atoms with Gasteiger partial charge in [-0.1, -0.05) is 0 Å². The molecule has 0 saturated carbocycles.